The Hall–Kier alpha value is -3.11. The number of hydrazone groups is 1. The molecule has 33 heavy (non-hydrogen) atoms. The first-order chi connectivity index (χ1) is 15.9. The molecule has 0 saturated carbocycles. The minimum absolute atomic E-state index is 0.194. The second-order valence-electron chi connectivity index (χ2n) is 6.97. The summed E-state index contributed by atoms with van der Waals surface area (Å²) in [6, 6.07) is 17.0. The minimum Gasteiger partial charge on any atom is -0.497 e. The van der Waals surface area contributed by atoms with Crippen molar-refractivity contribution in [3.8, 4) is 5.75 Å². The summed E-state index contributed by atoms with van der Waals surface area (Å²) in [6.07, 6.45) is 0. The van der Waals surface area contributed by atoms with E-state index in [2.05, 4.69) is 5.10 Å². The Morgan fingerprint density at radius 2 is 1.67 bits per heavy atom. The standard InChI is InChI=1S/C23H23N3O5S2/c1-5-31-22(28)20-24-26(17-11-13-18(29-3)14-12-17)23(33-20)25(16-9-7-6-8-10-16)15(2)19(32-23)21(27)30-4/h6-14H,5H2,1-4H3/t23-/m1/s1. The van der Waals surface area contributed by atoms with Crippen molar-refractivity contribution in [2.45, 2.75) is 18.2 Å². The quantitative estimate of drug-likeness (QED) is 0.553. The van der Waals surface area contributed by atoms with Crippen molar-refractivity contribution in [3.05, 3.63) is 65.2 Å². The maximum atomic E-state index is 12.7. The Labute approximate surface area is 200 Å². The third-order valence-corrected chi connectivity index (χ3v) is 7.87. The van der Waals surface area contributed by atoms with Gasteiger partial charge in [-0.3, -0.25) is 0 Å². The Morgan fingerprint density at radius 3 is 2.27 bits per heavy atom. The highest BCUT2D eigenvalue weighted by Gasteiger charge is 2.58. The highest BCUT2D eigenvalue weighted by Crippen LogP contribution is 2.60. The lowest BCUT2D eigenvalue weighted by Crippen LogP contribution is -2.49. The number of hydrogen-bond acceptors (Lipinski definition) is 10. The third-order valence-electron chi connectivity index (χ3n) is 5.02. The number of rotatable bonds is 6. The average Bonchev–Trinajstić information content (AvgIpc) is 3.37. The van der Waals surface area contributed by atoms with Crippen LogP contribution in [0.3, 0.4) is 0 Å². The first kappa shape index (κ1) is 23.1. The number of methoxy groups -OCH3 is 2. The molecule has 1 atom stereocenters. The van der Waals surface area contributed by atoms with Gasteiger partial charge in [0.1, 0.15) is 10.7 Å². The SMILES string of the molecule is CCOC(=O)C1=NN(c2ccc(OC)cc2)[C@@]2(S1)SC(C(=O)OC)=C(C)N2c1ccccc1. The normalized spacial score (nSPS) is 19.7. The number of hydrogen-bond donors (Lipinski definition) is 0. The molecule has 2 heterocycles. The number of allylic oxidation sites excluding steroid dienone is 1. The minimum atomic E-state index is -1.02. The average molecular weight is 486 g/mol. The smallest absolute Gasteiger partial charge is 0.365 e. The lowest BCUT2D eigenvalue weighted by molar-refractivity contribution is -0.135. The van der Waals surface area contributed by atoms with E-state index in [0.717, 1.165) is 11.4 Å². The van der Waals surface area contributed by atoms with Crippen LogP contribution in [0.4, 0.5) is 11.4 Å². The van der Waals surface area contributed by atoms with Crippen LogP contribution in [0.1, 0.15) is 13.8 Å². The van der Waals surface area contributed by atoms with Crippen molar-refractivity contribution >= 4 is 51.9 Å². The van der Waals surface area contributed by atoms with E-state index in [1.54, 1.807) is 19.0 Å². The van der Waals surface area contributed by atoms with Gasteiger partial charge in [-0.2, -0.15) is 5.10 Å². The van der Waals surface area contributed by atoms with Gasteiger partial charge in [0.2, 0.25) is 9.37 Å². The number of nitrogens with zero attached hydrogens (tertiary/aromatic N) is 3. The molecule has 10 heteroatoms. The summed E-state index contributed by atoms with van der Waals surface area (Å²) in [5, 5.41) is 6.58. The van der Waals surface area contributed by atoms with E-state index in [-0.39, 0.29) is 11.7 Å². The number of para-hydroxylation sites is 1. The molecule has 0 aliphatic carbocycles. The summed E-state index contributed by atoms with van der Waals surface area (Å²) in [7, 11) is 2.95. The van der Waals surface area contributed by atoms with Gasteiger partial charge in [0.15, 0.2) is 0 Å². The number of anilines is 2. The molecule has 0 saturated heterocycles. The number of thioether (sulfide) groups is 2. The second kappa shape index (κ2) is 9.40. The van der Waals surface area contributed by atoms with Gasteiger partial charge < -0.3 is 19.1 Å². The van der Waals surface area contributed by atoms with E-state index in [0.29, 0.717) is 16.4 Å². The van der Waals surface area contributed by atoms with Crippen molar-refractivity contribution in [1.29, 1.82) is 0 Å². The number of ether oxygens (including phenoxy) is 3. The molecule has 0 unspecified atom stereocenters. The van der Waals surface area contributed by atoms with Crippen LogP contribution in [0.25, 0.3) is 0 Å². The van der Waals surface area contributed by atoms with Crippen molar-refractivity contribution in [2.24, 2.45) is 5.10 Å². The fourth-order valence-corrected chi connectivity index (χ4v) is 6.52. The topological polar surface area (TPSA) is 80.7 Å². The lowest BCUT2D eigenvalue weighted by atomic mass is 10.2. The van der Waals surface area contributed by atoms with Crippen LogP contribution in [0.2, 0.25) is 0 Å². The van der Waals surface area contributed by atoms with Crippen LogP contribution in [-0.4, -0.2) is 42.1 Å². The third kappa shape index (κ3) is 4.04. The predicted octanol–water partition coefficient (Wildman–Crippen LogP) is 4.39. The van der Waals surface area contributed by atoms with Crippen molar-refractivity contribution in [3.63, 3.8) is 0 Å². The molecule has 8 nitrogen and oxygen atoms in total. The molecule has 2 aromatic carbocycles. The molecule has 0 N–H and O–H groups in total. The molecule has 0 bridgehead atoms. The van der Waals surface area contributed by atoms with Gasteiger partial charge in [-0.15, -0.1) is 0 Å². The fourth-order valence-electron chi connectivity index (χ4n) is 3.55. The Bertz CT molecular complexity index is 1120. The monoisotopic (exact) mass is 485 g/mol. The van der Waals surface area contributed by atoms with E-state index >= 15 is 0 Å². The van der Waals surface area contributed by atoms with Crippen LogP contribution in [0.15, 0.2) is 70.3 Å². The van der Waals surface area contributed by atoms with Gasteiger partial charge in [0, 0.05) is 11.4 Å². The predicted molar refractivity (Wildman–Crippen MR) is 131 cm³/mol. The largest absolute Gasteiger partial charge is 0.497 e. The molecule has 0 aromatic heterocycles. The Kier molecular flexibility index (Phi) is 6.57. The number of benzene rings is 2. The molecule has 172 valence electrons. The molecule has 4 rings (SSSR count). The number of carbonyl (C=O) groups excluding carboxylic acids is 2. The highest BCUT2D eigenvalue weighted by molar-refractivity contribution is 8.29. The van der Waals surface area contributed by atoms with E-state index in [1.807, 2.05) is 66.4 Å². The maximum absolute atomic E-state index is 12.7. The number of esters is 2. The molecule has 1 spiro atoms. The first-order valence-electron chi connectivity index (χ1n) is 10.2. The molecule has 2 aliphatic heterocycles. The summed E-state index contributed by atoms with van der Waals surface area (Å²) in [5.41, 5.74) is 2.26. The van der Waals surface area contributed by atoms with Gasteiger partial charge >= 0.3 is 11.9 Å². The van der Waals surface area contributed by atoms with Gasteiger partial charge in [-0.05, 0) is 62.0 Å². The van der Waals surface area contributed by atoms with Gasteiger partial charge in [-0.1, -0.05) is 30.0 Å². The van der Waals surface area contributed by atoms with E-state index in [9.17, 15) is 9.59 Å². The summed E-state index contributed by atoms with van der Waals surface area (Å²) < 4.78 is 14.6. The summed E-state index contributed by atoms with van der Waals surface area (Å²) in [5.74, 6) is -0.274. The summed E-state index contributed by atoms with van der Waals surface area (Å²) in [4.78, 5) is 27.8. The second-order valence-corrected chi connectivity index (χ2v) is 9.57. The van der Waals surface area contributed by atoms with Crippen molar-refractivity contribution in [2.75, 3.05) is 30.7 Å². The van der Waals surface area contributed by atoms with Crippen LogP contribution in [0, 0.1) is 0 Å². The molecule has 2 aliphatic rings. The molecule has 0 amide bonds. The fraction of sp³-hybridized carbons (Fsp3) is 0.261. The zero-order valence-electron chi connectivity index (χ0n) is 18.6. The summed E-state index contributed by atoms with van der Waals surface area (Å²) in [6.45, 7) is 3.83. The Morgan fingerprint density at radius 1 is 0.970 bits per heavy atom. The van der Waals surface area contributed by atoms with Crippen molar-refractivity contribution in [1.82, 2.24) is 0 Å². The van der Waals surface area contributed by atoms with E-state index in [4.69, 9.17) is 14.2 Å². The molecule has 2 aromatic rings. The van der Waals surface area contributed by atoms with Gasteiger partial charge in [-0.25, -0.2) is 14.6 Å². The summed E-state index contributed by atoms with van der Waals surface area (Å²) >= 11 is 2.51. The van der Waals surface area contributed by atoms with Crippen LogP contribution >= 0.6 is 23.5 Å². The van der Waals surface area contributed by atoms with Crippen LogP contribution in [-0.2, 0) is 19.1 Å². The molecule has 0 radical (unpaired) electrons. The maximum Gasteiger partial charge on any atom is 0.365 e. The van der Waals surface area contributed by atoms with Crippen LogP contribution < -0.4 is 14.6 Å². The highest BCUT2D eigenvalue weighted by atomic mass is 32.2. The molecular formula is C23H23N3O5S2. The van der Waals surface area contributed by atoms with E-state index < -0.39 is 16.3 Å². The van der Waals surface area contributed by atoms with Gasteiger partial charge in [0.25, 0.3) is 0 Å². The van der Waals surface area contributed by atoms with Crippen molar-refractivity contribution < 1.29 is 23.8 Å². The lowest BCUT2D eigenvalue weighted by Gasteiger charge is -2.41. The Balaban J connectivity index is 1.88. The first-order valence-corrected chi connectivity index (χ1v) is 11.8. The molecule has 0 fully saturated rings. The molecular weight excluding hydrogens is 462 g/mol. The van der Waals surface area contributed by atoms with Crippen LogP contribution in [0.5, 0.6) is 5.75 Å². The van der Waals surface area contributed by atoms with Gasteiger partial charge in [0.05, 0.1) is 26.5 Å². The zero-order chi connectivity index (χ0) is 23.6. The van der Waals surface area contributed by atoms with E-state index in [1.165, 1.54) is 30.6 Å². The zero-order valence-corrected chi connectivity index (χ0v) is 20.2. The number of carbonyl (C=O) groups is 2.